The van der Waals surface area contributed by atoms with Gasteiger partial charge in [-0.3, -0.25) is 4.79 Å². The maximum atomic E-state index is 11.3. The van der Waals surface area contributed by atoms with Crippen molar-refractivity contribution in [1.82, 2.24) is 0 Å². The van der Waals surface area contributed by atoms with Gasteiger partial charge in [0.05, 0.1) is 6.61 Å². The minimum Gasteiger partial charge on any atom is -0.492 e. The van der Waals surface area contributed by atoms with Crippen LogP contribution in [0.2, 0.25) is 0 Å². The van der Waals surface area contributed by atoms with Gasteiger partial charge in [0.1, 0.15) is 11.4 Å². The average molecular weight is 289 g/mol. The molecule has 0 N–H and O–H groups in total. The van der Waals surface area contributed by atoms with Crippen molar-refractivity contribution in [2.24, 2.45) is 15.2 Å². The summed E-state index contributed by atoms with van der Waals surface area (Å²) < 4.78 is 5.71. The van der Waals surface area contributed by atoms with Crippen molar-refractivity contribution in [3.63, 3.8) is 0 Å². The SMILES string of the molecule is C=C1N=NC(SCCOc2cc(C)ccc2C)=NC1=O. The Kier molecular flexibility index (Phi) is 4.68. The van der Waals surface area contributed by atoms with Crippen LogP contribution in [0.5, 0.6) is 5.75 Å². The van der Waals surface area contributed by atoms with Crippen LogP contribution in [0.1, 0.15) is 11.1 Å². The third kappa shape index (κ3) is 3.77. The van der Waals surface area contributed by atoms with E-state index in [1.807, 2.05) is 32.0 Å². The van der Waals surface area contributed by atoms with Gasteiger partial charge in [0.2, 0.25) is 5.17 Å². The molecule has 104 valence electrons. The van der Waals surface area contributed by atoms with Gasteiger partial charge in [0, 0.05) is 5.75 Å². The van der Waals surface area contributed by atoms with E-state index in [1.54, 1.807) is 0 Å². The Balaban J connectivity index is 1.81. The van der Waals surface area contributed by atoms with Crippen molar-refractivity contribution in [2.45, 2.75) is 13.8 Å². The van der Waals surface area contributed by atoms with Crippen molar-refractivity contribution in [3.05, 3.63) is 41.6 Å². The third-order valence-electron chi connectivity index (χ3n) is 2.62. The zero-order valence-corrected chi connectivity index (χ0v) is 12.2. The van der Waals surface area contributed by atoms with Crippen LogP contribution in [-0.4, -0.2) is 23.4 Å². The van der Waals surface area contributed by atoms with Crippen LogP contribution < -0.4 is 4.74 Å². The number of aliphatic imine (C=N–C) groups is 1. The fraction of sp³-hybridized carbons (Fsp3) is 0.286. The molecule has 1 aliphatic rings. The largest absolute Gasteiger partial charge is 0.492 e. The minimum atomic E-state index is -0.432. The summed E-state index contributed by atoms with van der Waals surface area (Å²) in [5.41, 5.74) is 2.33. The highest BCUT2D eigenvalue weighted by atomic mass is 32.2. The zero-order chi connectivity index (χ0) is 14.5. The summed E-state index contributed by atoms with van der Waals surface area (Å²) >= 11 is 1.34. The number of ether oxygens (including phenoxy) is 1. The van der Waals surface area contributed by atoms with Crippen LogP contribution in [0.4, 0.5) is 0 Å². The van der Waals surface area contributed by atoms with Crippen LogP contribution in [0.15, 0.2) is 45.7 Å². The predicted octanol–water partition coefficient (Wildman–Crippen LogP) is 3.28. The number of benzene rings is 1. The number of hydrogen-bond acceptors (Lipinski definition) is 5. The second kappa shape index (κ2) is 6.47. The Morgan fingerprint density at radius 1 is 1.30 bits per heavy atom. The fourth-order valence-corrected chi connectivity index (χ4v) is 2.12. The van der Waals surface area contributed by atoms with Crippen molar-refractivity contribution >= 4 is 22.8 Å². The number of rotatable bonds is 4. The summed E-state index contributed by atoms with van der Waals surface area (Å²) in [7, 11) is 0. The molecule has 0 spiro atoms. The number of carbonyl (C=O) groups excluding carboxylic acids is 1. The van der Waals surface area contributed by atoms with Crippen LogP contribution >= 0.6 is 11.8 Å². The Bertz CT molecular complexity index is 608. The summed E-state index contributed by atoms with van der Waals surface area (Å²) in [6, 6.07) is 6.08. The highest BCUT2D eigenvalue weighted by molar-refractivity contribution is 8.13. The Morgan fingerprint density at radius 3 is 2.85 bits per heavy atom. The highest BCUT2D eigenvalue weighted by Crippen LogP contribution is 2.20. The predicted molar refractivity (Wildman–Crippen MR) is 80.3 cm³/mol. The molecule has 1 heterocycles. The first-order valence-electron chi connectivity index (χ1n) is 6.13. The van der Waals surface area contributed by atoms with Gasteiger partial charge in [-0.05, 0) is 31.0 Å². The van der Waals surface area contributed by atoms with Gasteiger partial charge in [-0.1, -0.05) is 30.5 Å². The van der Waals surface area contributed by atoms with Crippen LogP contribution in [0.25, 0.3) is 0 Å². The van der Waals surface area contributed by atoms with Gasteiger partial charge in [0.25, 0.3) is 5.91 Å². The molecule has 0 aliphatic carbocycles. The lowest BCUT2D eigenvalue weighted by Gasteiger charge is -2.09. The standard InChI is InChI=1S/C14H15N3O2S/c1-9-4-5-10(2)12(8-9)19-6-7-20-14-15-13(18)11(3)16-17-14/h4-5,8H,3,6-7H2,1-2H3. The van der Waals surface area contributed by atoms with Crippen molar-refractivity contribution in [3.8, 4) is 5.75 Å². The molecule has 0 radical (unpaired) electrons. The Labute approximate surface area is 121 Å². The zero-order valence-electron chi connectivity index (χ0n) is 11.4. The summed E-state index contributed by atoms with van der Waals surface area (Å²) in [5, 5.41) is 7.80. The molecule has 2 rings (SSSR count). The molecule has 0 unspecified atom stereocenters. The van der Waals surface area contributed by atoms with Crippen molar-refractivity contribution in [2.75, 3.05) is 12.4 Å². The first-order chi connectivity index (χ1) is 9.56. The minimum absolute atomic E-state index is 0.0704. The van der Waals surface area contributed by atoms with E-state index in [9.17, 15) is 4.79 Å². The van der Waals surface area contributed by atoms with Crippen molar-refractivity contribution < 1.29 is 9.53 Å². The molecule has 1 amide bonds. The number of azo groups is 1. The monoisotopic (exact) mass is 289 g/mol. The maximum absolute atomic E-state index is 11.3. The summed E-state index contributed by atoms with van der Waals surface area (Å²) in [4.78, 5) is 15.0. The van der Waals surface area contributed by atoms with Crippen LogP contribution in [0.3, 0.4) is 0 Å². The van der Waals surface area contributed by atoms with Gasteiger partial charge >= 0.3 is 0 Å². The third-order valence-corrected chi connectivity index (χ3v) is 3.42. The topological polar surface area (TPSA) is 63.4 Å². The van der Waals surface area contributed by atoms with Gasteiger partial charge in [-0.15, -0.1) is 10.2 Å². The smallest absolute Gasteiger partial charge is 0.299 e. The molecule has 0 bridgehead atoms. The molecule has 5 nitrogen and oxygen atoms in total. The Hall–Kier alpha value is -1.95. The average Bonchev–Trinajstić information content (AvgIpc) is 2.42. The van der Waals surface area contributed by atoms with E-state index in [1.165, 1.54) is 11.8 Å². The molecule has 0 aromatic heterocycles. The van der Waals surface area contributed by atoms with Crippen LogP contribution in [-0.2, 0) is 4.79 Å². The number of hydrogen-bond donors (Lipinski definition) is 0. The quantitative estimate of drug-likeness (QED) is 0.631. The molecule has 1 aromatic rings. The molecular formula is C14H15N3O2S. The van der Waals surface area contributed by atoms with Gasteiger partial charge in [-0.25, -0.2) is 0 Å². The first-order valence-corrected chi connectivity index (χ1v) is 7.11. The second-order valence-corrected chi connectivity index (χ2v) is 5.37. The lowest BCUT2D eigenvalue weighted by atomic mass is 10.1. The molecular weight excluding hydrogens is 274 g/mol. The van der Waals surface area contributed by atoms with E-state index in [0.29, 0.717) is 17.5 Å². The lowest BCUT2D eigenvalue weighted by Crippen LogP contribution is -2.07. The fourth-order valence-electron chi connectivity index (χ4n) is 1.53. The van der Waals surface area contributed by atoms with Gasteiger partial charge < -0.3 is 4.74 Å². The summed E-state index contributed by atoms with van der Waals surface area (Å²) in [5.74, 6) is 1.09. The molecule has 1 aliphatic heterocycles. The number of aryl methyl sites for hydroxylation is 2. The van der Waals surface area contributed by atoms with Gasteiger partial charge in [-0.2, -0.15) is 4.99 Å². The van der Waals surface area contributed by atoms with E-state index in [-0.39, 0.29) is 5.70 Å². The van der Waals surface area contributed by atoms with Gasteiger partial charge in [0.15, 0.2) is 0 Å². The number of carbonyl (C=O) groups is 1. The van der Waals surface area contributed by atoms with E-state index in [4.69, 9.17) is 4.74 Å². The van der Waals surface area contributed by atoms with E-state index in [0.717, 1.165) is 16.9 Å². The lowest BCUT2D eigenvalue weighted by molar-refractivity contribution is -0.114. The number of nitrogens with zero attached hydrogens (tertiary/aromatic N) is 3. The maximum Gasteiger partial charge on any atom is 0.299 e. The summed E-state index contributed by atoms with van der Waals surface area (Å²) in [6.45, 7) is 7.98. The normalized spacial score (nSPS) is 14.4. The number of amides is 1. The molecule has 0 saturated carbocycles. The first kappa shape index (κ1) is 14.5. The second-order valence-electron chi connectivity index (χ2n) is 4.31. The Morgan fingerprint density at radius 2 is 2.10 bits per heavy atom. The summed E-state index contributed by atoms with van der Waals surface area (Å²) in [6.07, 6.45) is 0. The number of thioether (sulfide) groups is 1. The molecule has 1 aromatic carbocycles. The molecule has 0 atom stereocenters. The number of amidine groups is 1. The van der Waals surface area contributed by atoms with E-state index in [2.05, 4.69) is 21.8 Å². The van der Waals surface area contributed by atoms with E-state index < -0.39 is 5.91 Å². The van der Waals surface area contributed by atoms with Crippen LogP contribution in [0, 0.1) is 13.8 Å². The molecule has 6 heteroatoms. The molecule has 0 fully saturated rings. The van der Waals surface area contributed by atoms with Crippen molar-refractivity contribution in [1.29, 1.82) is 0 Å². The molecule has 20 heavy (non-hydrogen) atoms. The highest BCUT2D eigenvalue weighted by Gasteiger charge is 2.13. The van der Waals surface area contributed by atoms with E-state index >= 15 is 0 Å². The molecule has 0 saturated heterocycles.